The summed E-state index contributed by atoms with van der Waals surface area (Å²) in [7, 11) is -3.55. The van der Waals surface area contributed by atoms with Gasteiger partial charge >= 0.3 is 0 Å². The Morgan fingerprint density at radius 3 is 2.19 bits per heavy atom. The Morgan fingerprint density at radius 2 is 1.75 bits per heavy atom. The zero-order valence-corrected chi connectivity index (χ0v) is 10.3. The van der Waals surface area contributed by atoms with Crippen LogP contribution in [-0.2, 0) is 10.0 Å². The first-order valence-corrected chi connectivity index (χ1v) is 6.41. The molecule has 6 nitrogen and oxygen atoms in total. The summed E-state index contributed by atoms with van der Waals surface area (Å²) < 4.78 is 26.2. The molecule has 1 unspecified atom stereocenters. The van der Waals surface area contributed by atoms with E-state index < -0.39 is 10.0 Å². The van der Waals surface area contributed by atoms with Crippen LogP contribution in [0.3, 0.4) is 0 Å². The van der Waals surface area contributed by atoms with Crippen molar-refractivity contribution in [1.29, 1.82) is 0 Å². The molecule has 0 saturated carbocycles. The lowest BCUT2D eigenvalue weighted by Crippen LogP contribution is -2.36. The number of hydrogen-bond donors (Lipinski definition) is 2. The van der Waals surface area contributed by atoms with E-state index in [4.69, 9.17) is 5.73 Å². The van der Waals surface area contributed by atoms with Crippen LogP contribution >= 0.6 is 0 Å². The Hall–Kier alpha value is -1.21. The van der Waals surface area contributed by atoms with Gasteiger partial charge in [0.15, 0.2) is 0 Å². The zero-order chi connectivity index (χ0) is 12.3. The molecule has 1 aromatic heterocycles. The maximum atomic E-state index is 11.8. The fraction of sp³-hybridized carbons (Fsp3) is 0.556. The smallest absolute Gasteiger partial charge is 0.243 e. The summed E-state index contributed by atoms with van der Waals surface area (Å²) in [5.41, 5.74) is 5.28. The van der Waals surface area contributed by atoms with Gasteiger partial charge in [0, 0.05) is 6.04 Å². The number of hydrogen-bond acceptors (Lipinski definition) is 5. The van der Waals surface area contributed by atoms with Gasteiger partial charge in [-0.25, -0.2) is 23.1 Å². The second-order valence-electron chi connectivity index (χ2n) is 3.93. The van der Waals surface area contributed by atoms with Crippen molar-refractivity contribution in [3.63, 3.8) is 0 Å². The number of rotatable bonds is 4. The molecule has 0 aromatic carbocycles. The van der Waals surface area contributed by atoms with Crippen molar-refractivity contribution in [2.45, 2.75) is 31.7 Å². The van der Waals surface area contributed by atoms with Crippen LogP contribution in [0.1, 0.15) is 20.8 Å². The van der Waals surface area contributed by atoms with E-state index in [1.807, 2.05) is 13.8 Å². The molecule has 1 rings (SSSR count). The molecule has 0 aliphatic carbocycles. The lowest BCUT2D eigenvalue weighted by Gasteiger charge is -2.17. The molecule has 1 heterocycles. The minimum atomic E-state index is -3.55. The lowest BCUT2D eigenvalue weighted by molar-refractivity contribution is 0.476. The van der Waals surface area contributed by atoms with E-state index in [0.29, 0.717) is 0 Å². The highest BCUT2D eigenvalue weighted by molar-refractivity contribution is 7.89. The molecule has 1 atom stereocenters. The van der Waals surface area contributed by atoms with E-state index >= 15 is 0 Å². The van der Waals surface area contributed by atoms with Gasteiger partial charge in [-0.15, -0.1) is 0 Å². The van der Waals surface area contributed by atoms with E-state index in [1.54, 1.807) is 6.92 Å². The summed E-state index contributed by atoms with van der Waals surface area (Å²) in [6.45, 7) is 5.68. The highest BCUT2D eigenvalue weighted by Gasteiger charge is 2.19. The van der Waals surface area contributed by atoms with Crippen molar-refractivity contribution in [3.8, 4) is 0 Å². The summed E-state index contributed by atoms with van der Waals surface area (Å²) in [5, 5.41) is 0. The minimum absolute atomic E-state index is 0.0224. The lowest BCUT2D eigenvalue weighted by atomic mass is 10.1. The van der Waals surface area contributed by atoms with Crippen LogP contribution in [-0.4, -0.2) is 24.4 Å². The predicted octanol–water partition coefficient (Wildman–Crippen LogP) is 0.382. The van der Waals surface area contributed by atoms with Crippen LogP contribution in [0.25, 0.3) is 0 Å². The number of nitrogens with two attached hydrogens (primary N) is 1. The van der Waals surface area contributed by atoms with Gasteiger partial charge in [-0.05, 0) is 12.8 Å². The van der Waals surface area contributed by atoms with Gasteiger partial charge in [0.25, 0.3) is 0 Å². The van der Waals surface area contributed by atoms with E-state index in [1.165, 1.54) is 12.4 Å². The molecular formula is C9H16N4O2S. The molecule has 0 spiro atoms. The summed E-state index contributed by atoms with van der Waals surface area (Å²) >= 11 is 0. The van der Waals surface area contributed by atoms with E-state index in [0.717, 1.165) is 0 Å². The first-order chi connectivity index (χ1) is 7.33. The molecule has 0 amide bonds. The summed E-state index contributed by atoms with van der Waals surface area (Å²) in [6, 6.07) is -0.150. The molecule has 1 aromatic rings. The highest BCUT2D eigenvalue weighted by Crippen LogP contribution is 2.09. The SMILES string of the molecule is CC(C)C(C)NS(=O)(=O)c1cnc(N)nc1. The van der Waals surface area contributed by atoms with Gasteiger partial charge < -0.3 is 5.73 Å². The van der Waals surface area contributed by atoms with Crippen LogP contribution in [0.2, 0.25) is 0 Å². The second-order valence-corrected chi connectivity index (χ2v) is 5.64. The van der Waals surface area contributed by atoms with Crippen molar-refractivity contribution >= 4 is 16.0 Å². The quantitative estimate of drug-likeness (QED) is 0.798. The predicted molar refractivity (Wildman–Crippen MR) is 61.1 cm³/mol. The van der Waals surface area contributed by atoms with Crippen molar-refractivity contribution in [2.24, 2.45) is 5.92 Å². The van der Waals surface area contributed by atoms with E-state index in [2.05, 4.69) is 14.7 Å². The standard InChI is InChI=1S/C9H16N4O2S/c1-6(2)7(3)13-16(14,15)8-4-11-9(10)12-5-8/h4-7,13H,1-3H3,(H2,10,11,12). The summed E-state index contributed by atoms with van der Waals surface area (Å²) in [6.07, 6.45) is 2.38. The molecule has 0 saturated heterocycles. The molecular weight excluding hydrogens is 228 g/mol. The highest BCUT2D eigenvalue weighted by atomic mass is 32.2. The molecule has 3 N–H and O–H groups in total. The maximum Gasteiger partial charge on any atom is 0.243 e. The molecule has 0 aliphatic rings. The normalized spacial score (nSPS) is 14.0. The minimum Gasteiger partial charge on any atom is -0.368 e. The number of nitrogens with zero attached hydrogens (tertiary/aromatic N) is 2. The topological polar surface area (TPSA) is 98.0 Å². The van der Waals surface area contributed by atoms with Gasteiger partial charge in [-0.1, -0.05) is 13.8 Å². The number of anilines is 1. The average molecular weight is 244 g/mol. The molecule has 0 radical (unpaired) electrons. The van der Waals surface area contributed by atoms with Crippen LogP contribution in [0.4, 0.5) is 5.95 Å². The molecule has 0 bridgehead atoms. The Balaban J connectivity index is 2.90. The van der Waals surface area contributed by atoms with E-state index in [-0.39, 0.29) is 22.8 Å². The van der Waals surface area contributed by atoms with Gasteiger partial charge in [0.2, 0.25) is 16.0 Å². The third-order valence-electron chi connectivity index (χ3n) is 2.30. The van der Waals surface area contributed by atoms with E-state index in [9.17, 15) is 8.42 Å². The first-order valence-electron chi connectivity index (χ1n) is 4.93. The molecule has 16 heavy (non-hydrogen) atoms. The molecule has 0 fully saturated rings. The average Bonchev–Trinajstić information content (AvgIpc) is 2.17. The Kier molecular flexibility index (Phi) is 3.82. The van der Waals surface area contributed by atoms with Crippen molar-refractivity contribution < 1.29 is 8.42 Å². The largest absolute Gasteiger partial charge is 0.368 e. The first kappa shape index (κ1) is 12.9. The monoisotopic (exact) mass is 244 g/mol. The molecule has 7 heteroatoms. The van der Waals surface area contributed by atoms with Crippen molar-refractivity contribution in [2.75, 3.05) is 5.73 Å². The molecule has 90 valence electrons. The Morgan fingerprint density at radius 1 is 1.25 bits per heavy atom. The number of aromatic nitrogens is 2. The fourth-order valence-electron chi connectivity index (χ4n) is 0.914. The Labute approximate surface area is 95.3 Å². The van der Waals surface area contributed by atoms with Crippen molar-refractivity contribution in [3.05, 3.63) is 12.4 Å². The summed E-state index contributed by atoms with van der Waals surface area (Å²) in [5.74, 6) is 0.264. The number of sulfonamides is 1. The third-order valence-corrected chi connectivity index (χ3v) is 3.81. The van der Waals surface area contributed by atoms with Gasteiger partial charge in [0.1, 0.15) is 4.90 Å². The maximum absolute atomic E-state index is 11.8. The van der Waals surface area contributed by atoms with Crippen molar-refractivity contribution in [1.82, 2.24) is 14.7 Å². The molecule has 0 aliphatic heterocycles. The second kappa shape index (κ2) is 4.75. The van der Waals surface area contributed by atoms with Crippen LogP contribution < -0.4 is 10.5 Å². The van der Waals surface area contributed by atoms with Crippen LogP contribution in [0.15, 0.2) is 17.3 Å². The van der Waals surface area contributed by atoms with Gasteiger partial charge in [0.05, 0.1) is 12.4 Å². The van der Waals surface area contributed by atoms with Gasteiger partial charge in [-0.2, -0.15) is 0 Å². The third kappa shape index (κ3) is 3.14. The van der Waals surface area contributed by atoms with Gasteiger partial charge in [-0.3, -0.25) is 0 Å². The number of nitrogens with one attached hydrogen (secondary N) is 1. The summed E-state index contributed by atoms with van der Waals surface area (Å²) in [4.78, 5) is 7.31. The zero-order valence-electron chi connectivity index (χ0n) is 9.51. The Bertz CT molecular complexity index is 441. The fourth-order valence-corrected chi connectivity index (χ4v) is 2.19. The van der Waals surface area contributed by atoms with Crippen LogP contribution in [0, 0.1) is 5.92 Å². The van der Waals surface area contributed by atoms with Crippen LogP contribution in [0.5, 0.6) is 0 Å². The number of nitrogen functional groups attached to an aromatic ring is 1.